The monoisotopic (exact) mass is 355 g/mol. The first-order valence-electron chi connectivity index (χ1n) is 5.69. The summed E-state index contributed by atoms with van der Waals surface area (Å²) in [5, 5.41) is 0. The van der Waals surface area contributed by atoms with Crippen molar-refractivity contribution in [3.8, 4) is 5.69 Å². The van der Waals surface area contributed by atoms with Crippen LogP contribution in [0.2, 0.25) is 0 Å². The summed E-state index contributed by atoms with van der Waals surface area (Å²) in [6.45, 7) is 1.90. The average molecular weight is 356 g/mol. The van der Waals surface area contributed by atoms with Crippen LogP contribution in [0.15, 0.2) is 28.9 Å². The molecule has 0 spiro atoms. The number of hydrogen-bond donors (Lipinski definition) is 1. The van der Waals surface area contributed by atoms with Gasteiger partial charge in [-0.1, -0.05) is 0 Å². The molecule has 0 aliphatic carbocycles. The number of nitrogens with one attached hydrogen (secondary N) is 1. The molecule has 3 aromatic rings. The highest BCUT2D eigenvalue weighted by atomic mass is 79.9. The summed E-state index contributed by atoms with van der Waals surface area (Å²) < 4.78 is 29.2. The van der Waals surface area contributed by atoms with Crippen LogP contribution in [-0.4, -0.2) is 14.5 Å². The van der Waals surface area contributed by atoms with E-state index in [2.05, 4.69) is 25.9 Å². The molecule has 20 heavy (non-hydrogen) atoms. The Balaban J connectivity index is 2.38. The standard InChI is InChI=1S/C13H8BrF2N3S/c1-6-2-10-12(17-5-6)19(13(20)18-10)11-3-7(14)8(15)4-9(11)16/h2-5H,1H3,(H,18,20). The minimum Gasteiger partial charge on any atom is -0.329 e. The van der Waals surface area contributed by atoms with Gasteiger partial charge in [0, 0.05) is 12.3 Å². The Kier molecular flexibility index (Phi) is 3.18. The molecule has 1 aromatic carbocycles. The fourth-order valence-corrected chi connectivity index (χ4v) is 2.63. The van der Waals surface area contributed by atoms with Gasteiger partial charge >= 0.3 is 0 Å². The van der Waals surface area contributed by atoms with Gasteiger partial charge in [-0.15, -0.1) is 0 Å². The van der Waals surface area contributed by atoms with Crippen LogP contribution >= 0.6 is 28.1 Å². The van der Waals surface area contributed by atoms with Crippen molar-refractivity contribution in [3.63, 3.8) is 0 Å². The molecule has 3 rings (SSSR count). The Morgan fingerprint density at radius 2 is 2.00 bits per heavy atom. The summed E-state index contributed by atoms with van der Waals surface area (Å²) in [5.74, 6) is -1.37. The van der Waals surface area contributed by atoms with E-state index >= 15 is 0 Å². The van der Waals surface area contributed by atoms with E-state index in [0.717, 1.165) is 11.6 Å². The van der Waals surface area contributed by atoms with Crippen LogP contribution in [0, 0.1) is 23.3 Å². The Labute approximate surface area is 126 Å². The second-order valence-corrected chi connectivity index (χ2v) is 5.61. The van der Waals surface area contributed by atoms with Gasteiger partial charge in [-0.2, -0.15) is 0 Å². The van der Waals surface area contributed by atoms with Crippen molar-refractivity contribution in [1.82, 2.24) is 14.5 Å². The molecule has 0 unspecified atom stereocenters. The van der Waals surface area contributed by atoms with Gasteiger partial charge in [-0.25, -0.2) is 13.8 Å². The lowest BCUT2D eigenvalue weighted by molar-refractivity contribution is 0.574. The zero-order chi connectivity index (χ0) is 14.4. The Hall–Kier alpha value is -1.60. The van der Waals surface area contributed by atoms with Crippen LogP contribution in [0.1, 0.15) is 5.56 Å². The smallest absolute Gasteiger partial charge is 0.184 e. The first-order chi connectivity index (χ1) is 9.47. The highest BCUT2D eigenvalue weighted by Gasteiger charge is 2.14. The van der Waals surface area contributed by atoms with Crippen LogP contribution in [0.5, 0.6) is 0 Å². The quantitative estimate of drug-likeness (QED) is 0.517. The summed E-state index contributed by atoms with van der Waals surface area (Å²) in [7, 11) is 0. The molecule has 0 bridgehead atoms. The number of aromatic nitrogens is 3. The molecule has 0 saturated carbocycles. The fraction of sp³-hybridized carbons (Fsp3) is 0.0769. The maximum atomic E-state index is 14.0. The number of rotatable bonds is 1. The van der Waals surface area contributed by atoms with E-state index in [0.29, 0.717) is 15.9 Å². The van der Waals surface area contributed by atoms with E-state index in [4.69, 9.17) is 12.2 Å². The van der Waals surface area contributed by atoms with Crippen molar-refractivity contribution in [3.05, 3.63) is 50.8 Å². The van der Waals surface area contributed by atoms with Gasteiger partial charge in [-0.05, 0) is 52.8 Å². The molecule has 0 saturated heterocycles. The van der Waals surface area contributed by atoms with E-state index in [9.17, 15) is 8.78 Å². The lowest BCUT2D eigenvalue weighted by Crippen LogP contribution is -2.00. The predicted molar refractivity (Wildman–Crippen MR) is 78.6 cm³/mol. The molecule has 0 atom stereocenters. The molecule has 2 heterocycles. The molecule has 0 aliphatic rings. The Bertz CT molecular complexity index is 885. The maximum absolute atomic E-state index is 14.0. The number of benzene rings is 1. The molecule has 2 aromatic heterocycles. The molecule has 3 nitrogen and oxygen atoms in total. The van der Waals surface area contributed by atoms with E-state index in [1.165, 1.54) is 10.6 Å². The number of aromatic amines is 1. The third-order valence-corrected chi connectivity index (χ3v) is 3.78. The number of fused-ring (bicyclic) bond motifs is 1. The minimum atomic E-state index is -0.704. The summed E-state index contributed by atoms with van der Waals surface area (Å²) >= 11 is 8.25. The van der Waals surface area contributed by atoms with Gasteiger partial charge in [0.2, 0.25) is 0 Å². The zero-order valence-electron chi connectivity index (χ0n) is 10.2. The highest BCUT2D eigenvalue weighted by Crippen LogP contribution is 2.26. The minimum absolute atomic E-state index is 0.144. The third kappa shape index (κ3) is 2.06. The van der Waals surface area contributed by atoms with Crippen LogP contribution in [0.25, 0.3) is 16.9 Å². The van der Waals surface area contributed by atoms with Gasteiger partial charge in [-0.3, -0.25) is 4.57 Å². The SMILES string of the molecule is Cc1cnc2c(c1)[nH]c(=S)n2-c1cc(Br)c(F)cc1F. The van der Waals surface area contributed by atoms with Crippen molar-refractivity contribution >= 4 is 39.3 Å². The molecule has 0 amide bonds. The van der Waals surface area contributed by atoms with Gasteiger partial charge < -0.3 is 4.98 Å². The van der Waals surface area contributed by atoms with E-state index in [1.807, 2.05) is 13.0 Å². The number of hydrogen-bond acceptors (Lipinski definition) is 2. The lowest BCUT2D eigenvalue weighted by atomic mass is 10.3. The first-order valence-corrected chi connectivity index (χ1v) is 6.90. The van der Waals surface area contributed by atoms with Crippen LogP contribution in [0.4, 0.5) is 8.78 Å². The average Bonchev–Trinajstić information content (AvgIpc) is 2.69. The van der Waals surface area contributed by atoms with E-state index in [1.54, 1.807) is 6.20 Å². The van der Waals surface area contributed by atoms with E-state index < -0.39 is 11.6 Å². The van der Waals surface area contributed by atoms with Crippen molar-refractivity contribution in [1.29, 1.82) is 0 Å². The number of H-pyrrole nitrogens is 1. The predicted octanol–water partition coefficient (Wildman–Crippen LogP) is 4.43. The molecular formula is C13H8BrF2N3S. The molecular weight excluding hydrogens is 348 g/mol. The van der Waals surface area contributed by atoms with Crippen molar-refractivity contribution in [2.45, 2.75) is 6.92 Å². The van der Waals surface area contributed by atoms with Crippen molar-refractivity contribution < 1.29 is 8.78 Å². The van der Waals surface area contributed by atoms with Gasteiger partial charge in [0.15, 0.2) is 10.4 Å². The summed E-state index contributed by atoms with van der Waals surface area (Å²) in [6, 6.07) is 4.02. The number of nitrogens with zero attached hydrogens (tertiary/aromatic N) is 2. The molecule has 102 valence electrons. The molecule has 0 radical (unpaired) electrons. The number of aryl methyl sites for hydroxylation is 1. The molecule has 1 N–H and O–H groups in total. The van der Waals surface area contributed by atoms with Gasteiger partial charge in [0.25, 0.3) is 0 Å². The molecule has 0 aliphatic heterocycles. The fourth-order valence-electron chi connectivity index (χ4n) is 2.01. The topological polar surface area (TPSA) is 33.6 Å². The second-order valence-electron chi connectivity index (χ2n) is 4.37. The Morgan fingerprint density at radius 3 is 2.75 bits per heavy atom. The summed E-state index contributed by atoms with van der Waals surface area (Å²) in [5.41, 5.74) is 2.31. The van der Waals surface area contributed by atoms with E-state index in [-0.39, 0.29) is 10.2 Å². The number of pyridine rings is 1. The second kappa shape index (κ2) is 4.75. The summed E-state index contributed by atoms with van der Waals surface area (Å²) in [6.07, 6.45) is 1.66. The largest absolute Gasteiger partial charge is 0.329 e. The highest BCUT2D eigenvalue weighted by molar-refractivity contribution is 9.10. The summed E-state index contributed by atoms with van der Waals surface area (Å²) in [4.78, 5) is 7.23. The lowest BCUT2D eigenvalue weighted by Gasteiger charge is -2.07. The molecule has 0 fully saturated rings. The van der Waals surface area contributed by atoms with Gasteiger partial charge in [0.1, 0.15) is 11.6 Å². The van der Waals surface area contributed by atoms with Gasteiger partial charge in [0.05, 0.1) is 15.7 Å². The Morgan fingerprint density at radius 1 is 1.25 bits per heavy atom. The number of halogens is 3. The van der Waals surface area contributed by atoms with Crippen LogP contribution < -0.4 is 0 Å². The third-order valence-electron chi connectivity index (χ3n) is 2.89. The van der Waals surface area contributed by atoms with Crippen molar-refractivity contribution in [2.24, 2.45) is 0 Å². The zero-order valence-corrected chi connectivity index (χ0v) is 12.6. The van der Waals surface area contributed by atoms with Crippen molar-refractivity contribution in [2.75, 3.05) is 0 Å². The normalized spacial score (nSPS) is 11.2. The maximum Gasteiger partial charge on any atom is 0.184 e. The first kappa shape index (κ1) is 13.4. The van der Waals surface area contributed by atoms with Crippen LogP contribution in [0.3, 0.4) is 0 Å². The van der Waals surface area contributed by atoms with Crippen LogP contribution in [-0.2, 0) is 0 Å². The number of imidazole rings is 1. The molecule has 7 heteroatoms.